The third-order valence-corrected chi connectivity index (χ3v) is 3.93. The maximum Gasteiger partial charge on any atom is 0.254 e. The van der Waals surface area contributed by atoms with Crippen LogP contribution in [-0.4, -0.2) is 67.3 Å². The van der Waals surface area contributed by atoms with Crippen molar-refractivity contribution in [3.05, 3.63) is 29.6 Å². The number of ether oxygens (including phenoxy) is 1. The fraction of sp³-hybridized carbons (Fsp3) is 0.562. The molecule has 1 aliphatic heterocycles. The normalized spacial score (nSPS) is 16.0. The van der Waals surface area contributed by atoms with E-state index < -0.39 is 11.6 Å². The van der Waals surface area contributed by atoms with Gasteiger partial charge in [-0.25, -0.2) is 4.39 Å². The molecule has 0 saturated carbocycles. The van der Waals surface area contributed by atoms with Crippen molar-refractivity contribution in [1.82, 2.24) is 9.80 Å². The van der Waals surface area contributed by atoms with Gasteiger partial charge in [0, 0.05) is 45.5 Å². The Morgan fingerprint density at radius 1 is 1.27 bits per heavy atom. The quantitative estimate of drug-likeness (QED) is 0.813. The number of hydrogen-bond acceptors (Lipinski definition) is 4. The van der Waals surface area contributed by atoms with Gasteiger partial charge in [-0.2, -0.15) is 0 Å². The van der Waals surface area contributed by atoms with Crippen molar-refractivity contribution in [2.24, 2.45) is 0 Å². The topological polar surface area (TPSA) is 53.0 Å². The number of benzene rings is 1. The third kappa shape index (κ3) is 4.42. The van der Waals surface area contributed by atoms with Crippen LogP contribution in [0.5, 0.6) is 5.75 Å². The number of methoxy groups -OCH3 is 1. The molecular formula is C16H23FN2O3. The largest absolute Gasteiger partial charge is 0.505 e. The number of aromatic hydroxyl groups is 1. The van der Waals surface area contributed by atoms with Crippen molar-refractivity contribution in [1.29, 1.82) is 0 Å². The molecule has 0 spiro atoms. The van der Waals surface area contributed by atoms with Crippen LogP contribution in [0.15, 0.2) is 18.2 Å². The van der Waals surface area contributed by atoms with Gasteiger partial charge in [-0.1, -0.05) is 0 Å². The van der Waals surface area contributed by atoms with Crippen LogP contribution in [0, 0.1) is 5.82 Å². The lowest BCUT2D eigenvalue weighted by molar-refractivity contribution is 0.0632. The van der Waals surface area contributed by atoms with Gasteiger partial charge < -0.3 is 14.7 Å². The van der Waals surface area contributed by atoms with E-state index in [1.54, 1.807) is 12.0 Å². The molecule has 1 amide bonds. The summed E-state index contributed by atoms with van der Waals surface area (Å²) < 4.78 is 18.1. The molecule has 1 fully saturated rings. The molecule has 1 aromatic carbocycles. The molecule has 1 heterocycles. The van der Waals surface area contributed by atoms with E-state index in [4.69, 9.17) is 4.74 Å². The lowest BCUT2D eigenvalue weighted by Gasteiger charge is -2.34. The summed E-state index contributed by atoms with van der Waals surface area (Å²) in [6.45, 7) is 4.79. The lowest BCUT2D eigenvalue weighted by Crippen LogP contribution is -2.48. The molecule has 22 heavy (non-hydrogen) atoms. The SMILES string of the molecule is COCCCCN1CCN(C(=O)c2ccc(F)c(O)c2)CC1. The van der Waals surface area contributed by atoms with Crippen molar-refractivity contribution in [3.8, 4) is 5.75 Å². The Kier molecular flexibility index (Phi) is 6.15. The van der Waals surface area contributed by atoms with Crippen LogP contribution in [0.1, 0.15) is 23.2 Å². The standard InChI is InChI=1S/C16H23FN2O3/c1-22-11-3-2-6-18-7-9-19(10-8-18)16(21)13-4-5-14(17)15(20)12-13/h4-5,12,20H,2-3,6-11H2,1H3. The van der Waals surface area contributed by atoms with Crippen molar-refractivity contribution in [3.63, 3.8) is 0 Å². The van der Waals surface area contributed by atoms with Crippen LogP contribution in [0.4, 0.5) is 4.39 Å². The molecule has 0 aromatic heterocycles. The molecule has 0 bridgehead atoms. The van der Waals surface area contributed by atoms with Gasteiger partial charge in [0.25, 0.3) is 5.91 Å². The summed E-state index contributed by atoms with van der Waals surface area (Å²) in [5.74, 6) is -1.35. The third-order valence-electron chi connectivity index (χ3n) is 3.93. The Labute approximate surface area is 130 Å². The Morgan fingerprint density at radius 2 is 2.00 bits per heavy atom. The van der Waals surface area contributed by atoms with Gasteiger partial charge in [-0.05, 0) is 37.6 Å². The fourth-order valence-electron chi connectivity index (χ4n) is 2.58. The van der Waals surface area contributed by atoms with Gasteiger partial charge in [0.1, 0.15) is 0 Å². The highest BCUT2D eigenvalue weighted by molar-refractivity contribution is 5.94. The van der Waals surface area contributed by atoms with Crippen molar-refractivity contribution in [2.45, 2.75) is 12.8 Å². The van der Waals surface area contributed by atoms with Crippen LogP contribution in [0.2, 0.25) is 0 Å². The first-order valence-corrected chi connectivity index (χ1v) is 7.61. The van der Waals surface area contributed by atoms with Gasteiger partial charge in [0.2, 0.25) is 0 Å². The van der Waals surface area contributed by atoms with E-state index in [9.17, 15) is 14.3 Å². The van der Waals surface area contributed by atoms with E-state index in [1.165, 1.54) is 12.1 Å². The van der Waals surface area contributed by atoms with E-state index in [0.29, 0.717) is 18.7 Å². The average Bonchev–Trinajstić information content (AvgIpc) is 2.54. The zero-order chi connectivity index (χ0) is 15.9. The second-order valence-corrected chi connectivity index (χ2v) is 5.50. The smallest absolute Gasteiger partial charge is 0.254 e. The maximum absolute atomic E-state index is 13.0. The van der Waals surface area contributed by atoms with E-state index in [1.807, 2.05) is 0 Å². The first kappa shape index (κ1) is 16.7. The zero-order valence-electron chi connectivity index (χ0n) is 12.9. The summed E-state index contributed by atoms with van der Waals surface area (Å²) in [5.41, 5.74) is 0.326. The molecule has 1 N–H and O–H groups in total. The van der Waals surface area contributed by atoms with E-state index >= 15 is 0 Å². The average molecular weight is 310 g/mol. The number of carbonyl (C=O) groups excluding carboxylic acids is 1. The summed E-state index contributed by atoms with van der Waals surface area (Å²) in [5, 5.41) is 9.37. The van der Waals surface area contributed by atoms with Gasteiger partial charge >= 0.3 is 0 Å². The highest BCUT2D eigenvalue weighted by Crippen LogP contribution is 2.18. The minimum absolute atomic E-state index is 0.158. The Bertz CT molecular complexity index is 502. The van der Waals surface area contributed by atoms with Crippen molar-refractivity contribution in [2.75, 3.05) is 46.4 Å². The number of phenols is 1. The Hall–Kier alpha value is -1.66. The van der Waals surface area contributed by atoms with E-state index in [-0.39, 0.29) is 5.91 Å². The summed E-state index contributed by atoms with van der Waals surface area (Å²) in [6.07, 6.45) is 2.14. The van der Waals surface area contributed by atoms with E-state index in [2.05, 4.69) is 4.90 Å². The van der Waals surface area contributed by atoms with Crippen LogP contribution >= 0.6 is 0 Å². The van der Waals surface area contributed by atoms with Crippen LogP contribution in [0.25, 0.3) is 0 Å². The second kappa shape index (κ2) is 8.10. The van der Waals surface area contributed by atoms with Crippen LogP contribution < -0.4 is 0 Å². The highest BCUT2D eigenvalue weighted by atomic mass is 19.1. The minimum atomic E-state index is -0.711. The summed E-state index contributed by atoms with van der Waals surface area (Å²) in [7, 11) is 1.71. The molecule has 5 nitrogen and oxygen atoms in total. The molecule has 6 heteroatoms. The summed E-state index contributed by atoms with van der Waals surface area (Å²) in [6, 6.07) is 3.72. The number of nitrogens with zero attached hydrogens (tertiary/aromatic N) is 2. The first-order chi connectivity index (χ1) is 10.6. The summed E-state index contributed by atoms with van der Waals surface area (Å²) in [4.78, 5) is 16.4. The first-order valence-electron chi connectivity index (χ1n) is 7.61. The van der Waals surface area contributed by atoms with Gasteiger partial charge in [0.05, 0.1) is 0 Å². The molecule has 1 aromatic rings. The minimum Gasteiger partial charge on any atom is -0.505 e. The lowest BCUT2D eigenvalue weighted by atomic mass is 10.1. The number of hydrogen-bond donors (Lipinski definition) is 1. The number of phenolic OH excluding ortho intramolecular Hbond substituents is 1. The van der Waals surface area contributed by atoms with Crippen molar-refractivity contribution >= 4 is 5.91 Å². The number of carbonyl (C=O) groups is 1. The molecule has 2 rings (SSSR count). The second-order valence-electron chi connectivity index (χ2n) is 5.50. The zero-order valence-corrected chi connectivity index (χ0v) is 12.9. The molecule has 0 aliphatic carbocycles. The molecule has 1 aliphatic rings. The molecule has 0 unspecified atom stereocenters. The van der Waals surface area contributed by atoms with Crippen LogP contribution in [0.3, 0.4) is 0 Å². The number of piperazine rings is 1. The molecule has 0 radical (unpaired) electrons. The number of amides is 1. The van der Waals surface area contributed by atoms with Gasteiger partial charge in [0.15, 0.2) is 11.6 Å². The predicted molar refractivity (Wildman–Crippen MR) is 81.5 cm³/mol. The molecule has 0 atom stereocenters. The number of unbranched alkanes of at least 4 members (excludes halogenated alkanes) is 1. The summed E-state index contributed by atoms with van der Waals surface area (Å²) >= 11 is 0. The Morgan fingerprint density at radius 3 is 2.64 bits per heavy atom. The van der Waals surface area contributed by atoms with Crippen LogP contribution in [-0.2, 0) is 4.74 Å². The van der Waals surface area contributed by atoms with Crippen molar-refractivity contribution < 1.29 is 19.0 Å². The molecule has 122 valence electrons. The molecular weight excluding hydrogens is 287 g/mol. The maximum atomic E-state index is 13.0. The fourth-order valence-corrected chi connectivity index (χ4v) is 2.58. The predicted octanol–water partition coefficient (Wildman–Crippen LogP) is 1.72. The monoisotopic (exact) mass is 310 g/mol. The molecule has 1 saturated heterocycles. The van der Waals surface area contributed by atoms with Gasteiger partial charge in [-0.3, -0.25) is 9.69 Å². The van der Waals surface area contributed by atoms with E-state index in [0.717, 1.165) is 45.1 Å². The highest BCUT2D eigenvalue weighted by Gasteiger charge is 2.22. The number of halogens is 1. The Balaban J connectivity index is 1.80. The van der Waals surface area contributed by atoms with Gasteiger partial charge in [-0.15, -0.1) is 0 Å². The number of rotatable bonds is 6.